The van der Waals surface area contributed by atoms with Crippen molar-refractivity contribution in [3.8, 4) is 34.5 Å². The van der Waals surface area contributed by atoms with E-state index in [4.69, 9.17) is 33.9 Å². The Morgan fingerprint density at radius 3 is 2.40 bits per heavy atom. The lowest BCUT2D eigenvalue weighted by Gasteiger charge is -2.49. The molecule has 11 nitrogen and oxygen atoms in total. The SMILES string of the molecule is COCOc1cc(-c2nc3c4c(nc(OC[C@@]56CCCN5C[C@H](F)C6)nc4c2F)N2C[C@H]4CC[C@@H]([C@@H]2[C@@H](C)[C@H]3C)N4C(=O)OC(C)(C)C)c2c(C#C[Si](C(C)C)(C(C)C)C(C)C)c(F)ccc2c1. The molecule has 4 saturated heterocycles. The minimum Gasteiger partial charge on any atom is -0.468 e. The lowest BCUT2D eigenvalue weighted by molar-refractivity contribution is 0.00426. The summed E-state index contributed by atoms with van der Waals surface area (Å²) in [5.74, 6) is 2.61. The second kappa shape index (κ2) is 17.9. The van der Waals surface area contributed by atoms with Gasteiger partial charge < -0.3 is 23.8 Å². The summed E-state index contributed by atoms with van der Waals surface area (Å²) in [5.41, 5.74) is 4.46. The third-order valence-electron chi connectivity index (χ3n) is 16.3. The average molecular weight is 955 g/mol. The molecule has 7 atom stereocenters. The van der Waals surface area contributed by atoms with Gasteiger partial charge in [-0.15, -0.1) is 5.54 Å². The number of halogens is 3. The van der Waals surface area contributed by atoms with Crippen LogP contribution in [0.3, 0.4) is 0 Å². The Bertz CT molecular complexity index is 2660. The van der Waals surface area contributed by atoms with Gasteiger partial charge in [0.05, 0.1) is 40.3 Å². The highest BCUT2D eigenvalue weighted by Gasteiger charge is 2.55. The van der Waals surface area contributed by atoms with Crippen LogP contribution in [0.1, 0.15) is 125 Å². The van der Waals surface area contributed by atoms with Gasteiger partial charge in [-0.1, -0.05) is 67.4 Å². The van der Waals surface area contributed by atoms with E-state index in [0.717, 1.165) is 32.2 Å². The predicted octanol–water partition coefficient (Wildman–Crippen LogP) is 11.3. The molecule has 15 heteroatoms. The van der Waals surface area contributed by atoms with E-state index in [-0.39, 0.29) is 72.2 Å². The Hall–Kier alpha value is -4.65. The van der Waals surface area contributed by atoms with Gasteiger partial charge in [0.1, 0.15) is 55.0 Å². The zero-order chi connectivity index (χ0) is 48.8. The highest BCUT2D eigenvalue weighted by Crippen LogP contribution is 2.51. The van der Waals surface area contributed by atoms with Crippen molar-refractivity contribution >= 4 is 41.7 Å². The number of benzene rings is 2. The van der Waals surface area contributed by atoms with E-state index in [0.29, 0.717) is 75.1 Å². The zero-order valence-corrected chi connectivity index (χ0v) is 42.9. The number of carbonyl (C=O) groups excluding carboxylic acids is 1. The molecule has 0 aliphatic carbocycles. The molecule has 9 rings (SSSR count). The van der Waals surface area contributed by atoms with Gasteiger partial charge in [0.25, 0.3) is 0 Å². The van der Waals surface area contributed by atoms with Gasteiger partial charge in [0.2, 0.25) is 0 Å². The van der Waals surface area contributed by atoms with Gasteiger partial charge in [-0.3, -0.25) is 9.80 Å². The standard InChI is InChI=1S/C53H69F3N6O5Si/c1-29(2)68(30(3)4,31(5)6)21-18-38-40(55)16-14-34-22-37(66-28-64-12)23-39(42(34)38)46-44(56)47-43-45(57-46)32(7)33(8)48-41-17-15-36(62(41)51(63)67-52(9,10)11)26-61(48)49(43)59-50(58-47)65-27-53-19-13-20-60(53)25-35(54)24-53/h14,16,22-23,29-33,35-36,41,48H,13,15,17,19-20,24-28H2,1-12H3/t32-,33+,35-,36-,41+,48+,53+/m1/s1. The Labute approximate surface area is 400 Å². The summed E-state index contributed by atoms with van der Waals surface area (Å²) in [6.07, 6.45) is 2.28. The largest absolute Gasteiger partial charge is 0.468 e. The molecule has 2 aromatic carbocycles. The lowest BCUT2D eigenvalue weighted by atomic mass is 9.81. The number of pyridine rings is 1. The predicted molar refractivity (Wildman–Crippen MR) is 263 cm³/mol. The molecule has 2 bridgehead atoms. The van der Waals surface area contributed by atoms with Gasteiger partial charge in [-0.05, 0) is 99.1 Å². The normalized spacial score (nSPS) is 25.9. The summed E-state index contributed by atoms with van der Waals surface area (Å²) >= 11 is 0. The number of hydrogen-bond acceptors (Lipinski definition) is 10. The molecule has 5 aliphatic rings. The molecule has 7 heterocycles. The van der Waals surface area contributed by atoms with Crippen LogP contribution >= 0.6 is 0 Å². The Morgan fingerprint density at radius 2 is 1.71 bits per heavy atom. The Kier molecular flexibility index (Phi) is 12.8. The highest BCUT2D eigenvalue weighted by atomic mass is 28.3. The number of rotatable bonds is 10. The van der Waals surface area contributed by atoms with E-state index in [9.17, 15) is 4.79 Å². The van der Waals surface area contributed by atoms with Gasteiger partial charge in [0.15, 0.2) is 12.6 Å². The molecule has 4 fully saturated rings. The average Bonchev–Trinajstić information content (AvgIpc) is 3.90. The number of methoxy groups -OCH3 is 1. The number of nitrogens with zero attached hydrogens (tertiary/aromatic N) is 6. The third-order valence-corrected chi connectivity index (χ3v) is 22.5. The smallest absolute Gasteiger partial charge is 0.410 e. The van der Waals surface area contributed by atoms with Crippen molar-refractivity contribution in [2.75, 3.05) is 45.0 Å². The van der Waals surface area contributed by atoms with Crippen LogP contribution in [0, 0.1) is 29.0 Å². The Morgan fingerprint density at radius 1 is 0.971 bits per heavy atom. The number of fused-ring (bicyclic) bond motifs is 7. The number of piperazine rings is 1. The van der Waals surface area contributed by atoms with E-state index < -0.39 is 37.0 Å². The summed E-state index contributed by atoms with van der Waals surface area (Å²) in [7, 11) is -0.838. The van der Waals surface area contributed by atoms with Crippen LogP contribution in [0.25, 0.3) is 32.9 Å². The molecule has 0 N–H and O–H groups in total. The van der Waals surface area contributed by atoms with Gasteiger partial charge in [0, 0.05) is 43.5 Å². The van der Waals surface area contributed by atoms with Crippen LogP contribution in [0.15, 0.2) is 24.3 Å². The van der Waals surface area contributed by atoms with Crippen molar-refractivity contribution in [1.82, 2.24) is 24.8 Å². The first-order valence-corrected chi connectivity index (χ1v) is 27.0. The molecule has 68 heavy (non-hydrogen) atoms. The maximum atomic E-state index is 18.4. The fraction of sp³-hybridized carbons (Fsp3) is 0.623. The maximum absolute atomic E-state index is 18.4. The number of alkyl halides is 1. The number of amides is 1. The second-order valence-electron chi connectivity index (χ2n) is 22.2. The van der Waals surface area contributed by atoms with Crippen molar-refractivity contribution in [2.24, 2.45) is 5.92 Å². The van der Waals surface area contributed by atoms with E-state index in [2.05, 4.69) is 76.7 Å². The number of carbonyl (C=O) groups is 1. The van der Waals surface area contributed by atoms with E-state index in [1.54, 1.807) is 18.2 Å². The molecule has 5 aliphatic heterocycles. The van der Waals surface area contributed by atoms with Crippen LogP contribution in [-0.2, 0) is 9.47 Å². The highest BCUT2D eigenvalue weighted by molar-refractivity contribution is 6.90. The summed E-state index contributed by atoms with van der Waals surface area (Å²) < 4.78 is 74.1. The molecule has 0 radical (unpaired) electrons. The van der Waals surface area contributed by atoms with Crippen LogP contribution < -0.4 is 14.4 Å². The monoisotopic (exact) mass is 955 g/mol. The number of ether oxygens (including phenoxy) is 4. The minimum atomic E-state index is -2.36. The van der Waals surface area contributed by atoms with E-state index in [1.807, 2.05) is 25.7 Å². The van der Waals surface area contributed by atoms with Crippen LogP contribution in [-0.4, -0.2) is 114 Å². The molecular weight excluding hydrogens is 886 g/mol. The number of aromatic nitrogens is 3. The summed E-state index contributed by atoms with van der Waals surface area (Å²) in [4.78, 5) is 35.7. The van der Waals surface area contributed by atoms with Crippen LogP contribution in [0.4, 0.5) is 23.8 Å². The van der Waals surface area contributed by atoms with E-state index >= 15 is 13.2 Å². The molecule has 4 aromatic rings. The minimum absolute atomic E-state index is 0.0158. The molecule has 2 aromatic heterocycles. The van der Waals surface area contributed by atoms with Crippen LogP contribution in [0.2, 0.25) is 16.6 Å². The molecular formula is C53H69F3N6O5Si. The van der Waals surface area contributed by atoms with Crippen molar-refractivity contribution in [1.29, 1.82) is 0 Å². The first kappa shape index (κ1) is 48.4. The molecule has 0 saturated carbocycles. The number of hydrogen-bond donors (Lipinski definition) is 0. The lowest BCUT2D eigenvalue weighted by Crippen LogP contribution is -2.64. The van der Waals surface area contributed by atoms with Gasteiger partial charge in [-0.2, -0.15) is 9.97 Å². The molecule has 1 amide bonds. The van der Waals surface area contributed by atoms with E-state index in [1.165, 1.54) is 13.2 Å². The first-order chi connectivity index (χ1) is 32.2. The summed E-state index contributed by atoms with van der Waals surface area (Å²) in [5, 5.41) is 1.49. The Balaban J connectivity index is 1.28. The molecule has 0 unspecified atom stereocenters. The van der Waals surface area contributed by atoms with Gasteiger partial charge >= 0.3 is 12.1 Å². The van der Waals surface area contributed by atoms with Crippen molar-refractivity contribution in [3.05, 3.63) is 47.2 Å². The van der Waals surface area contributed by atoms with Crippen LogP contribution in [0.5, 0.6) is 11.8 Å². The summed E-state index contributed by atoms with van der Waals surface area (Å²) in [6, 6.07) is 5.92. The molecule has 366 valence electrons. The van der Waals surface area contributed by atoms with Gasteiger partial charge in [-0.25, -0.2) is 22.9 Å². The summed E-state index contributed by atoms with van der Waals surface area (Å²) in [6.45, 7) is 24.8. The quantitative estimate of drug-likeness (QED) is 0.0867. The topological polar surface area (TPSA) is 102 Å². The van der Waals surface area contributed by atoms with Crippen molar-refractivity contribution in [2.45, 2.75) is 166 Å². The first-order valence-electron chi connectivity index (χ1n) is 24.8. The zero-order valence-electron chi connectivity index (χ0n) is 41.9. The fourth-order valence-corrected chi connectivity index (χ4v) is 18.3. The second-order valence-corrected chi connectivity index (χ2v) is 27.8. The number of anilines is 1. The fourth-order valence-electron chi connectivity index (χ4n) is 13.1. The van der Waals surface area contributed by atoms with Crippen molar-refractivity contribution in [3.63, 3.8) is 0 Å². The maximum Gasteiger partial charge on any atom is 0.410 e. The van der Waals surface area contributed by atoms with Crippen molar-refractivity contribution < 1.29 is 36.9 Å². The molecule has 0 spiro atoms. The third kappa shape index (κ3) is 8.07.